The summed E-state index contributed by atoms with van der Waals surface area (Å²) in [6.45, 7) is 3.99. The number of guanidine groups is 1. The predicted molar refractivity (Wildman–Crippen MR) is 52.4 cm³/mol. The van der Waals surface area contributed by atoms with Crippen LogP contribution in [0.25, 0.3) is 0 Å². The van der Waals surface area contributed by atoms with E-state index in [1.165, 1.54) is 0 Å². The summed E-state index contributed by atoms with van der Waals surface area (Å²) in [6.07, 6.45) is -0.875. The Bertz CT molecular complexity index is 218. The molecule has 0 spiro atoms. The molecular formula is C9H17F2N3. The summed E-state index contributed by atoms with van der Waals surface area (Å²) >= 11 is 0. The van der Waals surface area contributed by atoms with Gasteiger partial charge in [0.05, 0.1) is 6.04 Å². The first-order chi connectivity index (χ1) is 6.54. The third-order valence-corrected chi connectivity index (χ3v) is 2.44. The molecule has 82 valence electrons. The first-order valence-corrected chi connectivity index (χ1v) is 4.92. The number of nitrogens with two attached hydrogens (primary N) is 1. The zero-order valence-corrected chi connectivity index (χ0v) is 8.50. The highest BCUT2D eigenvalue weighted by molar-refractivity contribution is 5.78. The fourth-order valence-corrected chi connectivity index (χ4v) is 1.19. The highest BCUT2D eigenvalue weighted by Gasteiger charge is 2.44. The SMILES string of the molecule is CCC(C)NC(N)=N[C@H]1C[C@@H]1C(F)F. The molecule has 0 aliphatic heterocycles. The van der Waals surface area contributed by atoms with Gasteiger partial charge in [0, 0.05) is 12.0 Å². The normalized spacial score (nSPS) is 29.1. The summed E-state index contributed by atoms with van der Waals surface area (Å²) in [5.41, 5.74) is 5.55. The van der Waals surface area contributed by atoms with E-state index in [1.807, 2.05) is 13.8 Å². The maximum atomic E-state index is 12.1. The maximum Gasteiger partial charge on any atom is 0.243 e. The molecule has 1 aliphatic rings. The molecule has 0 aromatic heterocycles. The Labute approximate surface area is 82.8 Å². The molecule has 3 N–H and O–H groups in total. The Hall–Kier alpha value is -0.870. The molecule has 3 nitrogen and oxygen atoms in total. The average Bonchev–Trinajstić information content (AvgIpc) is 2.83. The molecule has 1 fully saturated rings. The van der Waals surface area contributed by atoms with Gasteiger partial charge in [0.25, 0.3) is 0 Å². The van der Waals surface area contributed by atoms with Gasteiger partial charge in [0.2, 0.25) is 6.43 Å². The number of rotatable bonds is 4. The van der Waals surface area contributed by atoms with Gasteiger partial charge in [0.15, 0.2) is 5.96 Å². The number of nitrogens with zero attached hydrogens (tertiary/aromatic N) is 1. The summed E-state index contributed by atoms with van der Waals surface area (Å²) < 4.78 is 24.2. The molecule has 0 heterocycles. The van der Waals surface area contributed by atoms with Gasteiger partial charge in [-0.25, -0.2) is 13.8 Å². The average molecular weight is 205 g/mol. The first-order valence-electron chi connectivity index (χ1n) is 4.92. The van der Waals surface area contributed by atoms with Crippen LogP contribution < -0.4 is 11.1 Å². The second-order valence-electron chi connectivity index (χ2n) is 3.77. The largest absolute Gasteiger partial charge is 0.370 e. The summed E-state index contributed by atoms with van der Waals surface area (Å²) in [7, 11) is 0. The van der Waals surface area contributed by atoms with Gasteiger partial charge >= 0.3 is 0 Å². The number of hydrogen-bond donors (Lipinski definition) is 2. The van der Waals surface area contributed by atoms with Crippen molar-refractivity contribution in [2.24, 2.45) is 16.6 Å². The molecule has 0 bridgehead atoms. The van der Waals surface area contributed by atoms with Gasteiger partial charge in [-0.15, -0.1) is 0 Å². The minimum Gasteiger partial charge on any atom is -0.370 e. The topological polar surface area (TPSA) is 50.4 Å². The van der Waals surface area contributed by atoms with Crippen LogP contribution in [0, 0.1) is 5.92 Å². The van der Waals surface area contributed by atoms with Crippen molar-refractivity contribution in [2.45, 2.75) is 45.2 Å². The Morgan fingerprint density at radius 3 is 2.71 bits per heavy atom. The van der Waals surface area contributed by atoms with Crippen molar-refractivity contribution in [3.8, 4) is 0 Å². The third kappa shape index (κ3) is 3.12. The molecule has 1 rings (SSSR count). The summed E-state index contributed by atoms with van der Waals surface area (Å²) in [6, 6.07) is -0.0333. The molecule has 1 aliphatic carbocycles. The summed E-state index contributed by atoms with van der Waals surface area (Å²) in [5, 5.41) is 2.94. The molecule has 0 aromatic carbocycles. The van der Waals surface area contributed by atoms with E-state index in [4.69, 9.17) is 5.73 Å². The van der Waals surface area contributed by atoms with E-state index in [-0.39, 0.29) is 18.0 Å². The Morgan fingerprint density at radius 2 is 2.29 bits per heavy atom. The van der Waals surface area contributed by atoms with Gasteiger partial charge < -0.3 is 11.1 Å². The van der Waals surface area contributed by atoms with E-state index in [2.05, 4.69) is 10.3 Å². The molecule has 0 radical (unpaired) electrons. The molecule has 1 saturated carbocycles. The smallest absolute Gasteiger partial charge is 0.243 e. The van der Waals surface area contributed by atoms with Crippen LogP contribution in [-0.2, 0) is 0 Å². The number of hydrogen-bond acceptors (Lipinski definition) is 1. The van der Waals surface area contributed by atoms with Crippen molar-refractivity contribution in [3.05, 3.63) is 0 Å². The lowest BCUT2D eigenvalue weighted by Crippen LogP contribution is -2.38. The lowest BCUT2D eigenvalue weighted by molar-refractivity contribution is 0.121. The zero-order chi connectivity index (χ0) is 10.7. The highest BCUT2D eigenvalue weighted by atomic mass is 19.3. The van der Waals surface area contributed by atoms with Crippen molar-refractivity contribution >= 4 is 5.96 Å². The molecule has 0 saturated heterocycles. The number of alkyl halides is 2. The fraction of sp³-hybridized carbons (Fsp3) is 0.889. The molecule has 14 heavy (non-hydrogen) atoms. The van der Waals surface area contributed by atoms with Crippen LogP contribution in [0.2, 0.25) is 0 Å². The summed E-state index contributed by atoms with van der Waals surface area (Å²) in [4.78, 5) is 3.98. The van der Waals surface area contributed by atoms with Gasteiger partial charge in [-0.3, -0.25) is 0 Å². The van der Waals surface area contributed by atoms with Gasteiger partial charge in [-0.05, 0) is 19.8 Å². The molecule has 5 heteroatoms. The van der Waals surface area contributed by atoms with Crippen molar-refractivity contribution < 1.29 is 8.78 Å². The molecule has 0 aromatic rings. The van der Waals surface area contributed by atoms with Crippen LogP contribution in [0.15, 0.2) is 4.99 Å². The van der Waals surface area contributed by atoms with Crippen molar-refractivity contribution in [3.63, 3.8) is 0 Å². The lowest BCUT2D eigenvalue weighted by atomic mass is 10.3. The second-order valence-corrected chi connectivity index (χ2v) is 3.77. The molecule has 3 atom stereocenters. The molecule has 1 unspecified atom stereocenters. The highest BCUT2D eigenvalue weighted by Crippen LogP contribution is 2.38. The monoisotopic (exact) mass is 205 g/mol. The zero-order valence-electron chi connectivity index (χ0n) is 8.50. The van der Waals surface area contributed by atoms with Crippen LogP contribution >= 0.6 is 0 Å². The van der Waals surface area contributed by atoms with E-state index >= 15 is 0 Å². The van der Waals surface area contributed by atoms with Crippen LogP contribution in [0.3, 0.4) is 0 Å². The van der Waals surface area contributed by atoms with E-state index in [9.17, 15) is 8.78 Å². The van der Waals surface area contributed by atoms with Crippen LogP contribution in [0.4, 0.5) is 8.78 Å². The minimum absolute atomic E-state index is 0.238. The second kappa shape index (κ2) is 4.57. The van der Waals surface area contributed by atoms with Gasteiger partial charge in [-0.1, -0.05) is 6.92 Å². The third-order valence-electron chi connectivity index (χ3n) is 2.44. The fourth-order valence-electron chi connectivity index (χ4n) is 1.19. The first kappa shape index (κ1) is 11.2. The minimum atomic E-state index is -2.26. The standard InChI is InChI=1S/C9H17F2N3/c1-3-5(2)13-9(12)14-7-4-6(7)8(10)11/h5-8H,3-4H2,1-2H3,(H3,12,13,14)/t5?,6-,7-/m0/s1. The van der Waals surface area contributed by atoms with Crippen LogP contribution in [0.5, 0.6) is 0 Å². The van der Waals surface area contributed by atoms with E-state index in [1.54, 1.807) is 0 Å². The Kier molecular flexibility index (Phi) is 3.66. The lowest BCUT2D eigenvalue weighted by Gasteiger charge is -2.11. The number of halogens is 2. The van der Waals surface area contributed by atoms with Crippen LogP contribution in [0.1, 0.15) is 26.7 Å². The number of aliphatic imine (C=N–C) groups is 1. The summed E-state index contributed by atoms with van der Waals surface area (Å²) in [5.74, 6) is -0.292. The quantitative estimate of drug-likeness (QED) is 0.537. The Morgan fingerprint density at radius 1 is 1.64 bits per heavy atom. The van der Waals surface area contributed by atoms with E-state index < -0.39 is 12.3 Å². The maximum absolute atomic E-state index is 12.1. The van der Waals surface area contributed by atoms with Crippen LogP contribution in [-0.4, -0.2) is 24.5 Å². The number of nitrogens with one attached hydrogen (secondary N) is 1. The van der Waals surface area contributed by atoms with Crippen molar-refractivity contribution in [1.29, 1.82) is 0 Å². The van der Waals surface area contributed by atoms with E-state index in [0.717, 1.165) is 6.42 Å². The van der Waals surface area contributed by atoms with Gasteiger partial charge in [0.1, 0.15) is 0 Å². The molecular weight excluding hydrogens is 188 g/mol. The molecule has 0 amide bonds. The Balaban J connectivity index is 2.31. The van der Waals surface area contributed by atoms with E-state index in [0.29, 0.717) is 6.42 Å². The van der Waals surface area contributed by atoms with Crippen molar-refractivity contribution in [2.75, 3.05) is 0 Å². The predicted octanol–water partition coefficient (Wildman–Crippen LogP) is 1.34. The van der Waals surface area contributed by atoms with Gasteiger partial charge in [-0.2, -0.15) is 0 Å². The van der Waals surface area contributed by atoms with Crippen molar-refractivity contribution in [1.82, 2.24) is 5.32 Å².